The number of aliphatic hydroxyl groups excluding tert-OH is 1. The predicted octanol–water partition coefficient (Wildman–Crippen LogP) is 2.91. The van der Waals surface area contributed by atoms with E-state index >= 15 is 0 Å². The van der Waals surface area contributed by atoms with Crippen LogP contribution in [0.1, 0.15) is 51.8 Å². The van der Waals surface area contributed by atoms with Gasteiger partial charge in [0.1, 0.15) is 5.82 Å². The van der Waals surface area contributed by atoms with E-state index in [0.717, 1.165) is 17.1 Å². The summed E-state index contributed by atoms with van der Waals surface area (Å²) in [6.45, 7) is 10.5. The molecule has 0 aliphatic carbocycles. The van der Waals surface area contributed by atoms with Crippen LogP contribution in [0, 0.1) is 0 Å². The van der Waals surface area contributed by atoms with Crippen molar-refractivity contribution in [3.8, 4) is 0 Å². The first-order chi connectivity index (χ1) is 7.31. The van der Waals surface area contributed by atoms with Gasteiger partial charge in [-0.25, -0.2) is 4.98 Å². The Bertz CT molecular complexity index is 353. The molecular formula is C13H22N2O. The summed E-state index contributed by atoms with van der Waals surface area (Å²) in [6.07, 6.45) is 0. The monoisotopic (exact) mass is 222 g/mol. The SMILES string of the molecule is CC(C)c1cc(CO)cc(NC(C)(C)C)n1. The van der Waals surface area contributed by atoms with Crippen molar-refractivity contribution in [1.82, 2.24) is 4.98 Å². The predicted molar refractivity (Wildman–Crippen MR) is 67.6 cm³/mol. The second-order valence-electron chi connectivity index (χ2n) is 5.47. The van der Waals surface area contributed by atoms with Crippen LogP contribution >= 0.6 is 0 Å². The maximum Gasteiger partial charge on any atom is 0.126 e. The Hall–Kier alpha value is -1.09. The van der Waals surface area contributed by atoms with E-state index in [0.29, 0.717) is 5.92 Å². The highest BCUT2D eigenvalue weighted by molar-refractivity contribution is 5.42. The molecule has 0 atom stereocenters. The maximum atomic E-state index is 9.21. The topological polar surface area (TPSA) is 45.1 Å². The number of aliphatic hydroxyl groups is 1. The molecule has 0 amide bonds. The molecule has 0 spiro atoms. The summed E-state index contributed by atoms with van der Waals surface area (Å²) in [7, 11) is 0. The quantitative estimate of drug-likeness (QED) is 0.826. The van der Waals surface area contributed by atoms with Crippen LogP contribution in [-0.4, -0.2) is 15.6 Å². The number of hydrogen-bond acceptors (Lipinski definition) is 3. The highest BCUT2D eigenvalue weighted by Crippen LogP contribution is 2.20. The molecule has 1 aromatic rings. The van der Waals surface area contributed by atoms with E-state index in [2.05, 4.69) is 44.9 Å². The summed E-state index contributed by atoms with van der Waals surface area (Å²) in [5.41, 5.74) is 1.90. The van der Waals surface area contributed by atoms with Crippen LogP contribution in [0.3, 0.4) is 0 Å². The zero-order valence-electron chi connectivity index (χ0n) is 10.8. The minimum absolute atomic E-state index is 0.0185. The van der Waals surface area contributed by atoms with Gasteiger partial charge in [0.25, 0.3) is 0 Å². The molecule has 0 bridgehead atoms. The molecule has 0 fully saturated rings. The molecule has 3 nitrogen and oxygen atoms in total. The minimum atomic E-state index is -0.0185. The van der Waals surface area contributed by atoms with E-state index in [1.807, 2.05) is 12.1 Å². The molecule has 0 unspecified atom stereocenters. The van der Waals surface area contributed by atoms with Gasteiger partial charge in [0.15, 0.2) is 0 Å². The van der Waals surface area contributed by atoms with Crippen LogP contribution in [0.15, 0.2) is 12.1 Å². The first-order valence-corrected chi connectivity index (χ1v) is 5.72. The van der Waals surface area contributed by atoms with E-state index in [-0.39, 0.29) is 12.1 Å². The normalized spacial score (nSPS) is 11.9. The molecule has 0 radical (unpaired) electrons. The van der Waals surface area contributed by atoms with Crippen molar-refractivity contribution in [1.29, 1.82) is 0 Å². The molecule has 2 N–H and O–H groups in total. The average molecular weight is 222 g/mol. The van der Waals surface area contributed by atoms with Gasteiger partial charge in [0.2, 0.25) is 0 Å². The molecule has 0 aliphatic rings. The first kappa shape index (κ1) is 13.0. The standard InChI is InChI=1S/C13H22N2O/c1-9(2)11-6-10(8-16)7-12(14-11)15-13(3,4)5/h6-7,9,16H,8H2,1-5H3,(H,14,15). The Morgan fingerprint density at radius 3 is 2.38 bits per heavy atom. The van der Waals surface area contributed by atoms with Gasteiger partial charge >= 0.3 is 0 Å². The average Bonchev–Trinajstić information content (AvgIpc) is 2.14. The number of anilines is 1. The molecular weight excluding hydrogens is 200 g/mol. The van der Waals surface area contributed by atoms with Crippen LogP contribution in [0.25, 0.3) is 0 Å². The Balaban J connectivity index is 3.04. The summed E-state index contributed by atoms with van der Waals surface area (Å²) in [4.78, 5) is 4.54. The summed E-state index contributed by atoms with van der Waals surface area (Å²) < 4.78 is 0. The lowest BCUT2D eigenvalue weighted by Crippen LogP contribution is -2.27. The fourth-order valence-electron chi connectivity index (χ4n) is 1.45. The van der Waals surface area contributed by atoms with Gasteiger partial charge in [-0.05, 0) is 44.4 Å². The highest BCUT2D eigenvalue weighted by atomic mass is 16.3. The van der Waals surface area contributed by atoms with Gasteiger partial charge in [-0.1, -0.05) is 13.8 Å². The number of nitrogens with one attached hydrogen (secondary N) is 1. The van der Waals surface area contributed by atoms with Crippen LogP contribution in [0.5, 0.6) is 0 Å². The van der Waals surface area contributed by atoms with Crippen molar-refractivity contribution in [2.45, 2.75) is 52.7 Å². The summed E-state index contributed by atoms with van der Waals surface area (Å²) in [5.74, 6) is 1.20. The van der Waals surface area contributed by atoms with Gasteiger partial charge in [-0.3, -0.25) is 0 Å². The van der Waals surface area contributed by atoms with E-state index < -0.39 is 0 Å². The number of aromatic nitrogens is 1. The van der Waals surface area contributed by atoms with Gasteiger partial charge in [0.05, 0.1) is 6.61 Å². The molecule has 0 saturated carbocycles. The lowest BCUT2D eigenvalue weighted by Gasteiger charge is -2.22. The summed E-state index contributed by atoms with van der Waals surface area (Å²) >= 11 is 0. The number of hydrogen-bond donors (Lipinski definition) is 2. The zero-order chi connectivity index (χ0) is 12.3. The van der Waals surface area contributed by atoms with Crippen molar-refractivity contribution in [3.05, 3.63) is 23.4 Å². The fourth-order valence-corrected chi connectivity index (χ4v) is 1.45. The third-order valence-electron chi connectivity index (χ3n) is 2.18. The summed E-state index contributed by atoms with van der Waals surface area (Å²) in [6, 6.07) is 3.86. The Morgan fingerprint density at radius 2 is 1.94 bits per heavy atom. The molecule has 3 heteroatoms. The molecule has 1 aromatic heterocycles. The zero-order valence-corrected chi connectivity index (χ0v) is 10.8. The smallest absolute Gasteiger partial charge is 0.126 e. The molecule has 0 saturated heterocycles. The van der Waals surface area contributed by atoms with Gasteiger partial charge < -0.3 is 10.4 Å². The Morgan fingerprint density at radius 1 is 1.31 bits per heavy atom. The third kappa shape index (κ3) is 3.81. The Labute approximate surface area is 97.9 Å². The largest absolute Gasteiger partial charge is 0.392 e. The highest BCUT2D eigenvalue weighted by Gasteiger charge is 2.12. The Kier molecular flexibility index (Phi) is 3.92. The van der Waals surface area contributed by atoms with Crippen molar-refractivity contribution in [2.24, 2.45) is 0 Å². The van der Waals surface area contributed by atoms with Crippen molar-refractivity contribution in [2.75, 3.05) is 5.32 Å². The van der Waals surface area contributed by atoms with Crippen LogP contribution in [0.2, 0.25) is 0 Å². The maximum absolute atomic E-state index is 9.21. The van der Waals surface area contributed by atoms with Crippen LogP contribution in [0.4, 0.5) is 5.82 Å². The van der Waals surface area contributed by atoms with E-state index in [1.54, 1.807) is 0 Å². The van der Waals surface area contributed by atoms with Gasteiger partial charge in [0, 0.05) is 11.2 Å². The number of rotatable bonds is 3. The molecule has 1 heterocycles. The number of pyridine rings is 1. The second-order valence-corrected chi connectivity index (χ2v) is 5.47. The second kappa shape index (κ2) is 4.83. The van der Waals surface area contributed by atoms with Gasteiger partial charge in [-0.2, -0.15) is 0 Å². The van der Waals surface area contributed by atoms with Crippen LogP contribution < -0.4 is 5.32 Å². The van der Waals surface area contributed by atoms with E-state index in [1.165, 1.54) is 0 Å². The van der Waals surface area contributed by atoms with Crippen molar-refractivity contribution < 1.29 is 5.11 Å². The van der Waals surface area contributed by atoms with Crippen molar-refractivity contribution in [3.63, 3.8) is 0 Å². The minimum Gasteiger partial charge on any atom is -0.392 e. The fraction of sp³-hybridized carbons (Fsp3) is 0.615. The van der Waals surface area contributed by atoms with E-state index in [9.17, 15) is 5.11 Å². The first-order valence-electron chi connectivity index (χ1n) is 5.72. The molecule has 0 aromatic carbocycles. The lowest BCUT2D eigenvalue weighted by atomic mass is 10.1. The molecule has 0 aliphatic heterocycles. The molecule has 90 valence electrons. The van der Waals surface area contributed by atoms with Crippen molar-refractivity contribution >= 4 is 5.82 Å². The van der Waals surface area contributed by atoms with Gasteiger partial charge in [-0.15, -0.1) is 0 Å². The van der Waals surface area contributed by atoms with E-state index in [4.69, 9.17) is 0 Å². The lowest BCUT2D eigenvalue weighted by molar-refractivity contribution is 0.281. The summed E-state index contributed by atoms with van der Waals surface area (Å²) in [5, 5.41) is 12.5. The number of nitrogens with zero attached hydrogens (tertiary/aromatic N) is 1. The molecule has 1 rings (SSSR count). The van der Waals surface area contributed by atoms with Crippen LogP contribution in [-0.2, 0) is 6.61 Å². The molecule has 16 heavy (non-hydrogen) atoms. The third-order valence-corrected chi connectivity index (χ3v) is 2.18.